The van der Waals surface area contributed by atoms with Crippen molar-refractivity contribution in [2.75, 3.05) is 30.8 Å². The number of hydrogen-bond acceptors (Lipinski definition) is 5. The lowest BCUT2D eigenvalue weighted by atomic mass is 10.1. The van der Waals surface area contributed by atoms with Gasteiger partial charge in [-0.05, 0) is 56.5 Å². The SMILES string of the molecule is COc1cccc(CCCNC(=O)CN(c2cccc(OC(C)C)c2)S(C)(=O)=O)c1. The average molecular weight is 435 g/mol. The van der Waals surface area contributed by atoms with Crippen LogP contribution in [-0.4, -0.2) is 46.9 Å². The van der Waals surface area contributed by atoms with E-state index in [-0.39, 0.29) is 18.6 Å². The molecule has 2 aromatic carbocycles. The quantitative estimate of drug-likeness (QED) is 0.550. The van der Waals surface area contributed by atoms with Gasteiger partial charge in [-0.15, -0.1) is 0 Å². The Morgan fingerprint density at radius 2 is 1.80 bits per heavy atom. The first kappa shape index (κ1) is 23.5. The number of ether oxygens (including phenoxy) is 2. The number of carbonyl (C=O) groups is 1. The minimum Gasteiger partial charge on any atom is -0.497 e. The number of carbonyl (C=O) groups excluding carboxylic acids is 1. The molecule has 0 atom stereocenters. The topological polar surface area (TPSA) is 84.9 Å². The fourth-order valence-electron chi connectivity index (χ4n) is 2.92. The van der Waals surface area contributed by atoms with Gasteiger partial charge in [0.1, 0.15) is 18.0 Å². The standard InChI is InChI=1S/C22H30N2O5S/c1-17(2)29-21-12-6-10-19(15-21)24(30(4,26)27)16-22(25)23-13-7-9-18-8-5-11-20(14-18)28-3/h5-6,8,10-12,14-15,17H,7,9,13,16H2,1-4H3,(H,23,25). The summed E-state index contributed by atoms with van der Waals surface area (Å²) in [4.78, 5) is 12.4. The molecule has 0 radical (unpaired) electrons. The van der Waals surface area contributed by atoms with Crippen LogP contribution in [0.2, 0.25) is 0 Å². The van der Waals surface area contributed by atoms with E-state index in [1.807, 2.05) is 38.1 Å². The molecule has 2 rings (SSSR count). The molecule has 2 aromatic rings. The van der Waals surface area contributed by atoms with Crippen LogP contribution in [0, 0.1) is 0 Å². The van der Waals surface area contributed by atoms with Crippen molar-refractivity contribution in [2.45, 2.75) is 32.8 Å². The van der Waals surface area contributed by atoms with E-state index in [1.54, 1.807) is 31.4 Å². The van der Waals surface area contributed by atoms with Crippen molar-refractivity contribution in [1.82, 2.24) is 5.32 Å². The van der Waals surface area contributed by atoms with Crippen molar-refractivity contribution >= 4 is 21.6 Å². The number of methoxy groups -OCH3 is 1. The second-order valence-corrected chi connectivity index (χ2v) is 9.15. The number of sulfonamides is 1. The van der Waals surface area contributed by atoms with Gasteiger partial charge in [0.2, 0.25) is 15.9 Å². The number of rotatable bonds is 11. The van der Waals surface area contributed by atoms with Crippen molar-refractivity contribution in [2.24, 2.45) is 0 Å². The van der Waals surface area contributed by atoms with E-state index in [1.165, 1.54) is 0 Å². The number of hydrogen-bond donors (Lipinski definition) is 1. The Morgan fingerprint density at radius 1 is 1.10 bits per heavy atom. The summed E-state index contributed by atoms with van der Waals surface area (Å²) in [5.74, 6) is 0.986. The van der Waals surface area contributed by atoms with Gasteiger partial charge < -0.3 is 14.8 Å². The van der Waals surface area contributed by atoms with Gasteiger partial charge in [-0.2, -0.15) is 0 Å². The van der Waals surface area contributed by atoms with Crippen LogP contribution >= 0.6 is 0 Å². The Labute approximate surface area is 179 Å². The summed E-state index contributed by atoms with van der Waals surface area (Å²) >= 11 is 0. The van der Waals surface area contributed by atoms with E-state index < -0.39 is 10.0 Å². The molecule has 164 valence electrons. The van der Waals surface area contributed by atoms with Crippen LogP contribution in [0.3, 0.4) is 0 Å². The molecule has 0 bridgehead atoms. The Balaban J connectivity index is 1.94. The highest BCUT2D eigenvalue weighted by atomic mass is 32.2. The summed E-state index contributed by atoms with van der Waals surface area (Å²) in [6, 6.07) is 14.5. The lowest BCUT2D eigenvalue weighted by Gasteiger charge is -2.22. The highest BCUT2D eigenvalue weighted by Gasteiger charge is 2.21. The Morgan fingerprint density at radius 3 is 2.47 bits per heavy atom. The van der Waals surface area contributed by atoms with Crippen LogP contribution in [-0.2, 0) is 21.2 Å². The fourth-order valence-corrected chi connectivity index (χ4v) is 3.77. The van der Waals surface area contributed by atoms with Crippen molar-refractivity contribution in [3.8, 4) is 11.5 Å². The molecule has 0 saturated carbocycles. The molecule has 0 aliphatic carbocycles. The monoisotopic (exact) mass is 434 g/mol. The minimum atomic E-state index is -3.64. The maximum Gasteiger partial charge on any atom is 0.240 e. The van der Waals surface area contributed by atoms with Crippen molar-refractivity contribution in [3.05, 3.63) is 54.1 Å². The molecule has 30 heavy (non-hydrogen) atoms. The zero-order chi connectivity index (χ0) is 22.1. The van der Waals surface area contributed by atoms with E-state index in [0.29, 0.717) is 18.0 Å². The molecule has 0 spiro atoms. The molecule has 0 heterocycles. The Hall–Kier alpha value is -2.74. The average Bonchev–Trinajstić information content (AvgIpc) is 2.68. The van der Waals surface area contributed by atoms with Crippen LogP contribution in [0.4, 0.5) is 5.69 Å². The molecule has 0 unspecified atom stereocenters. The van der Waals surface area contributed by atoms with E-state index >= 15 is 0 Å². The van der Waals surface area contributed by atoms with Crippen LogP contribution in [0.5, 0.6) is 11.5 Å². The van der Waals surface area contributed by atoms with Crippen LogP contribution < -0.4 is 19.1 Å². The highest BCUT2D eigenvalue weighted by molar-refractivity contribution is 7.92. The van der Waals surface area contributed by atoms with Gasteiger partial charge in [0.25, 0.3) is 0 Å². The molecule has 0 saturated heterocycles. The third kappa shape index (κ3) is 7.59. The van der Waals surface area contributed by atoms with Gasteiger partial charge in [-0.3, -0.25) is 9.10 Å². The van der Waals surface area contributed by atoms with Gasteiger partial charge in [0.15, 0.2) is 0 Å². The van der Waals surface area contributed by atoms with E-state index in [2.05, 4.69) is 5.32 Å². The summed E-state index contributed by atoms with van der Waals surface area (Å²) in [5.41, 5.74) is 1.51. The Bertz CT molecular complexity index is 944. The summed E-state index contributed by atoms with van der Waals surface area (Å²) < 4.78 is 36.5. The van der Waals surface area contributed by atoms with Crippen LogP contribution in [0.1, 0.15) is 25.8 Å². The first-order valence-electron chi connectivity index (χ1n) is 9.83. The van der Waals surface area contributed by atoms with E-state index in [9.17, 15) is 13.2 Å². The second-order valence-electron chi connectivity index (χ2n) is 7.24. The lowest BCUT2D eigenvalue weighted by Crippen LogP contribution is -2.40. The molecule has 0 aromatic heterocycles. The summed E-state index contributed by atoms with van der Waals surface area (Å²) in [7, 11) is -2.01. The summed E-state index contributed by atoms with van der Waals surface area (Å²) in [6.07, 6.45) is 2.55. The Kier molecular flexibility index (Phi) is 8.53. The third-order valence-electron chi connectivity index (χ3n) is 4.26. The largest absolute Gasteiger partial charge is 0.497 e. The van der Waals surface area contributed by atoms with Crippen molar-refractivity contribution < 1.29 is 22.7 Å². The third-order valence-corrected chi connectivity index (χ3v) is 5.40. The molecule has 1 amide bonds. The van der Waals surface area contributed by atoms with E-state index in [0.717, 1.165) is 34.7 Å². The smallest absolute Gasteiger partial charge is 0.240 e. The number of anilines is 1. The fraction of sp³-hybridized carbons (Fsp3) is 0.409. The minimum absolute atomic E-state index is 0.0418. The van der Waals surface area contributed by atoms with Gasteiger partial charge in [-0.1, -0.05) is 18.2 Å². The van der Waals surface area contributed by atoms with Gasteiger partial charge in [0.05, 0.1) is 25.2 Å². The first-order valence-corrected chi connectivity index (χ1v) is 11.7. The van der Waals surface area contributed by atoms with E-state index in [4.69, 9.17) is 9.47 Å². The number of nitrogens with one attached hydrogen (secondary N) is 1. The molecule has 7 nitrogen and oxygen atoms in total. The summed E-state index contributed by atoms with van der Waals surface area (Å²) in [5, 5.41) is 2.79. The number of aryl methyl sites for hydroxylation is 1. The number of amides is 1. The zero-order valence-electron chi connectivity index (χ0n) is 17.9. The summed E-state index contributed by atoms with van der Waals surface area (Å²) in [6.45, 7) is 3.94. The molecule has 1 N–H and O–H groups in total. The number of nitrogens with zero attached hydrogens (tertiary/aromatic N) is 1. The maximum absolute atomic E-state index is 12.4. The van der Waals surface area contributed by atoms with Crippen LogP contribution in [0.25, 0.3) is 0 Å². The first-order chi connectivity index (χ1) is 14.2. The maximum atomic E-state index is 12.4. The molecular formula is C22H30N2O5S. The lowest BCUT2D eigenvalue weighted by molar-refractivity contribution is -0.119. The van der Waals surface area contributed by atoms with Crippen molar-refractivity contribution in [3.63, 3.8) is 0 Å². The molecular weight excluding hydrogens is 404 g/mol. The number of benzene rings is 2. The molecule has 0 aliphatic rings. The molecule has 0 fully saturated rings. The second kappa shape index (κ2) is 10.9. The molecule has 0 aliphatic heterocycles. The van der Waals surface area contributed by atoms with Crippen molar-refractivity contribution in [1.29, 1.82) is 0 Å². The predicted octanol–water partition coefficient (Wildman–Crippen LogP) is 3.00. The normalized spacial score (nSPS) is 11.2. The highest BCUT2D eigenvalue weighted by Crippen LogP contribution is 2.24. The predicted molar refractivity (Wildman–Crippen MR) is 119 cm³/mol. The van der Waals surface area contributed by atoms with Gasteiger partial charge in [0, 0.05) is 12.6 Å². The molecule has 8 heteroatoms. The van der Waals surface area contributed by atoms with Gasteiger partial charge in [-0.25, -0.2) is 8.42 Å². The van der Waals surface area contributed by atoms with Crippen LogP contribution in [0.15, 0.2) is 48.5 Å². The zero-order valence-corrected chi connectivity index (χ0v) is 18.7. The van der Waals surface area contributed by atoms with Gasteiger partial charge >= 0.3 is 0 Å².